The van der Waals surface area contributed by atoms with Crippen molar-refractivity contribution in [2.45, 2.75) is 0 Å². The lowest BCUT2D eigenvalue weighted by molar-refractivity contribution is 0.103. The van der Waals surface area contributed by atoms with Crippen LogP contribution < -0.4 is 9.47 Å². The van der Waals surface area contributed by atoms with Gasteiger partial charge in [0, 0.05) is 10.6 Å². The Morgan fingerprint density at radius 2 is 2.00 bits per heavy atom. The highest BCUT2D eigenvalue weighted by atomic mass is 35.5. The van der Waals surface area contributed by atoms with Gasteiger partial charge < -0.3 is 9.47 Å². The number of carbonyl (C=O) groups is 1. The van der Waals surface area contributed by atoms with Crippen molar-refractivity contribution in [3.05, 3.63) is 64.2 Å². The van der Waals surface area contributed by atoms with Gasteiger partial charge in [0.2, 0.25) is 12.6 Å². The van der Waals surface area contributed by atoms with Crippen LogP contribution in [-0.4, -0.2) is 12.6 Å². The minimum atomic E-state index is -0.374. The van der Waals surface area contributed by atoms with E-state index in [0.29, 0.717) is 27.6 Å². The van der Waals surface area contributed by atoms with Crippen LogP contribution in [0.2, 0.25) is 5.02 Å². The van der Waals surface area contributed by atoms with Crippen molar-refractivity contribution in [2.75, 3.05) is 6.79 Å². The summed E-state index contributed by atoms with van der Waals surface area (Å²) in [6.45, 7) is 0.135. The van der Waals surface area contributed by atoms with E-state index in [1.807, 2.05) is 6.07 Å². The van der Waals surface area contributed by atoms with Crippen molar-refractivity contribution >= 4 is 23.5 Å². The van der Waals surface area contributed by atoms with Crippen LogP contribution in [0.5, 0.6) is 11.5 Å². The number of halogens is 1. The average molecular weight is 312 g/mol. The molecule has 0 bridgehead atoms. The van der Waals surface area contributed by atoms with Crippen LogP contribution in [0, 0.1) is 11.3 Å². The highest BCUT2D eigenvalue weighted by molar-refractivity contribution is 6.30. The minimum Gasteiger partial charge on any atom is -0.454 e. The molecule has 0 spiro atoms. The molecule has 4 nitrogen and oxygen atoms in total. The number of rotatable bonds is 3. The largest absolute Gasteiger partial charge is 0.454 e. The van der Waals surface area contributed by atoms with E-state index in [2.05, 4.69) is 0 Å². The van der Waals surface area contributed by atoms with E-state index in [0.717, 1.165) is 0 Å². The lowest BCUT2D eigenvalue weighted by atomic mass is 10.0. The maximum absolute atomic E-state index is 12.4. The molecule has 1 aliphatic rings. The summed E-state index contributed by atoms with van der Waals surface area (Å²) < 4.78 is 10.4. The summed E-state index contributed by atoms with van der Waals surface area (Å²) >= 11 is 5.90. The number of nitrogens with zero attached hydrogens (tertiary/aromatic N) is 1. The molecule has 0 atom stereocenters. The highest BCUT2D eigenvalue weighted by Gasteiger charge is 2.18. The third-order valence-electron chi connectivity index (χ3n) is 3.16. The Balaban J connectivity index is 1.94. The molecule has 0 amide bonds. The van der Waals surface area contributed by atoms with Crippen molar-refractivity contribution < 1.29 is 14.3 Å². The summed E-state index contributed by atoms with van der Waals surface area (Å²) in [6, 6.07) is 13.7. The van der Waals surface area contributed by atoms with E-state index in [1.54, 1.807) is 42.5 Å². The second kappa shape index (κ2) is 5.92. The molecule has 0 radical (unpaired) electrons. The van der Waals surface area contributed by atoms with Crippen LogP contribution in [0.25, 0.3) is 6.08 Å². The summed E-state index contributed by atoms with van der Waals surface area (Å²) in [5.74, 6) is 0.723. The summed E-state index contributed by atoms with van der Waals surface area (Å²) in [4.78, 5) is 12.4. The van der Waals surface area contributed by atoms with Gasteiger partial charge in [-0.3, -0.25) is 4.79 Å². The Morgan fingerprint density at radius 3 is 2.77 bits per heavy atom. The van der Waals surface area contributed by atoms with Crippen molar-refractivity contribution in [3.63, 3.8) is 0 Å². The fraction of sp³-hybridized carbons (Fsp3) is 0.0588. The predicted molar refractivity (Wildman–Crippen MR) is 81.9 cm³/mol. The number of Topliss-reactive ketones (excluding diaryl/α,β-unsaturated/α-hetero) is 1. The fourth-order valence-electron chi connectivity index (χ4n) is 2.10. The van der Waals surface area contributed by atoms with E-state index in [9.17, 15) is 10.1 Å². The maximum Gasteiger partial charge on any atom is 0.231 e. The molecule has 22 heavy (non-hydrogen) atoms. The quantitative estimate of drug-likeness (QED) is 0.490. The topological polar surface area (TPSA) is 59.3 Å². The lowest BCUT2D eigenvalue weighted by Crippen LogP contribution is -2.01. The molecule has 1 heterocycles. The van der Waals surface area contributed by atoms with Gasteiger partial charge in [0.25, 0.3) is 0 Å². The van der Waals surface area contributed by atoms with Crippen LogP contribution in [-0.2, 0) is 0 Å². The third-order valence-corrected chi connectivity index (χ3v) is 3.39. The minimum absolute atomic E-state index is 0.0288. The van der Waals surface area contributed by atoms with Gasteiger partial charge in [0.1, 0.15) is 11.6 Å². The van der Waals surface area contributed by atoms with Gasteiger partial charge >= 0.3 is 0 Å². The molecular formula is C17H10ClNO3. The van der Waals surface area contributed by atoms with Crippen LogP contribution in [0.1, 0.15) is 15.9 Å². The molecule has 0 aromatic heterocycles. The molecule has 1 aliphatic heterocycles. The summed E-state index contributed by atoms with van der Waals surface area (Å²) in [7, 11) is 0. The first-order chi connectivity index (χ1) is 10.7. The Hall–Kier alpha value is -2.77. The smallest absolute Gasteiger partial charge is 0.231 e. The predicted octanol–water partition coefficient (Wildman–Crippen LogP) is 3.86. The fourth-order valence-corrected chi connectivity index (χ4v) is 2.30. The highest BCUT2D eigenvalue weighted by Crippen LogP contribution is 2.33. The van der Waals surface area contributed by atoms with Gasteiger partial charge in [-0.15, -0.1) is 0 Å². The van der Waals surface area contributed by atoms with Gasteiger partial charge in [-0.1, -0.05) is 23.7 Å². The molecule has 2 aromatic rings. The van der Waals surface area contributed by atoms with Crippen LogP contribution in [0.15, 0.2) is 48.0 Å². The van der Waals surface area contributed by atoms with Crippen LogP contribution in [0.4, 0.5) is 0 Å². The number of fused-ring (bicyclic) bond motifs is 1. The zero-order valence-electron chi connectivity index (χ0n) is 11.4. The standard InChI is InChI=1S/C17H10ClNO3/c18-14-3-1-2-11(7-14)6-13(9-19)17(20)12-4-5-15-16(8-12)22-10-21-15/h1-8H,10H2/b13-6+. The number of nitriles is 1. The molecule has 108 valence electrons. The van der Waals surface area contributed by atoms with Gasteiger partial charge in [-0.25, -0.2) is 0 Å². The lowest BCUT2D eigenvalue weighted by Gasteiger charge is -2.02. The molecule has 0 N–H and O–H groups in total. The van der Waals surface area contributed by atoms with Gasteiger partial charge in [-0.05, 0) is 42.0 Å². The van der Waals surface area contributed by atoms with Crippen LogP contribution >= 0.6 is 11.6 Å². The van der Waals surface area contributed by atoms with E-state index in [1.165, 1.54) is 6.08 Å². The molecule has 0 saturated heterocycles. The molecule has 2 aromatic carbocycles. The van der Waals surface area contributed by atoms with Crippen LogP contribution in [0.3, 0.4) is 0 Å². The molecule has 0 saturated carbocycles. The first kappa shape index (κ1) is 14.2. The summed E-state index contributed by atoms with van der Waals surface area (Å²) in [6.07, 6.45) is 1.51. The molecule has 0 fully saturated rings. The van der Waals surface area contributed by atoms with Gasteiger partial charge in [0.15, 0.2) is 11.5 Å². The monoisotopic (exact) mass is 311 g/mol. The second-order valence-electron chi connectivity index (χ2n) is 4.62. The molecule has 0 unspecified atom stereocenters. The Kier molecular flexibility index (Phi) is 3.82. The van der Waals surface area contributed by atoms with Crippen molar-refractivity contribution in [3.8, 4) is 17.6 Å². The number of allylic oxidation sites excluding steroid dienone is 1. The zero-order chi connectivity index (χ0) is 15.5. The normalized spacial score (nSPS) is 12.8. The Morgan fingerprint density at radius 1 is 1.18 bits per heavy atom. The van der Waals surface area contributed by atoms with E-state index in [4.69, 9.17) is 21.1 Å². The van der Waals surface area contributed by atoms with Gasteiger partial charge in [-0.2, -0.15) is 5.26 Å². The molecular weight excluding hydrogens is 302 g/mol. The number of hydrogen-bond acceptors (Lipinski definition) is 4. The first-order valence-corrected chi connectivity index (χ1v) is 6.87. The Bertz CT molecular complexity index is 821. The summed E-state index contributed by atoms with van der Waals surface area (Å²) in [5.41, 5.74) is 1.10. The SMILES string of the molecule is N#C/C(=C\c1cccc(Cl)c1)C(=O)c1ccc2c(c1)OCO2. The van der Waals surface area contributed by atoms with E-state index < -0.39 is 0 Å². The number of ether oxygens (including phenoxy) is 2. The second-order valence-corrected chi connectivity index (χ2v) is 5.06. The van der Waals surface area contributed by atoms with Crippen molar-refractivity contribution in [1.29, 1.82) is 5.26 Å². The summed E-state index contributed by atoms with van der Waals surface area (Å²) in [5, 5.41) is 9.80. The van der Waals surface area contributed by atoms with Crippen molar-refractivity contribution in [2.24, 2.45) is 0 Å². The van der Waals surface area contributed by atoms with E-state index >= 15 is 0 Å². The molecule has 3 rings (SSSR count). The third kappa shape index (κ3) is 2.80. The van der Waals surface area contributed by atoms with Crippen molar-refractivity contribution in [1.82, 2.24) is 0 Å². The molecule has 5 heteroatoms. The van der Waals surface area contributed by atoms with Gasteiger partial charge in [0.05, 0.1) is 0 Å². The number of carbonyl (C=O) groups excluding carboxylic acids is 1. The number of benzene rings is 2. The number of hydrogen-bond donors (Lipinski definition) is 0. The van der Waals surface area contributed by atoms with E-state index in [-0.39, 0.29) is 18.1 Å². The Labute approximate surface area is 132 Å². The molecule has 0 aliphatic carbocycles. The zero-order valence-corrected chi connectivity index (χ0v) is 12.1. The average Bonchev–Trinajstić information content (AvgIpc) is 2.99. The maximum atomic E-state index is 12.4. The number of ketones is 1. The first-order valence-electron chi connectivity index (χ1n) is 6.49.